The second-order valence-electron chi connectivity index (χ2n) is 23.4. The Morgan fingerprint density at radius 3 is 1.65 bits per heavy atom. The molecule has 0 radical (unpaired) electrons. The zero-order valence-corrected chi connectivity index (χ0v) is 43.6. The van der Waals surface area contributed by atoms with Crippen molar-refractivity contribution in [1.29, 1.82) is 0 Å². The summed E-state index contributed by atoms with van der Waals surface area (Å²) in [4.78, 5) is 5.03. The summed E-state index contributed by atoms with van der Waals surface area (Å²) in [6.45, 7) is 34.1. The number of pyridine rings is 1. The van der Waals surface area contributed by atoms with E-state index in [1.54, 1.807) is 0 Å². The summed E-state index contributed by atoms with van der Waals surface area (Å²) in [5, 5.41) is 2.33. The molecule has 0 aliphatic rings. The highest BCUT2D eigenvalue weighted by Gasteiger charge is 2.28. The minimum Gasteiger partial charge on any atom is -0.458 e. The number of nitrogens with zero attached hydrogens (tertiary/aromatic N) is 4. The lowest BCUT2D eigenvalue weighted by Crippen LogP contribution is -2.33. The van der Waals surface area contributed by atoms with Gasteiger partial charge in [0.15, 0.2) is 0 Å². The Bertz CT molecular complexity index is 3330. The molecule has 0 unspecified atom stereocenters. The van der Waals surface area contributed by atoms with Crippen LogP contribution in [-0.4, -0.2) is 14.1 Å². The molecular weight excluding hydrogens is 841 g/mol. The monoisotopic (exact) mass is 911 g/mol. The van der Waals surface area contributed by atoms with Crippen LogP contribution in [-0.2, 0) is 27.1 Å². The first-order chi connectivity index (χ1) is 32.4. The van der Waals surface area contributed by atoms with Crippen LogP contribution in [0.2, 0.25) is 0 Å². The fraction of sp³-hybridized carbons (Fsp3) is 0.312. The van der Waals surface area contributed by atoms with Gasteiger partial charge in [-0.05, 0) is 136 Å². The van der Waals surface area contributed by atoms with E-state index in [1.807, 2.05) is 6.20 Å². The Kier molecular flexibility index (Phi) is 11.7. The van der Waals surface area contributed by atoms with Crippen molar-refractivity contribution >= 4 is 21.8 Å². The van der Waals surface area contributed by atoms with Crippen molar-refractivity contribution in [3.63, 3.8) is 0 Å². The number of benzene rings is 6. The van der Waals surface area contributed by atoms with E-state index in [9.17, 15) is 0 Å². The van der Waals surface area contributed by atoms with Crippen LogP contribution < -0.4 is 9.30 Å². The van der Waals surface area contributed by atoms with E-state index in [4.69, 9.17) is 9.72 Å². The highest BCUT2D eigenvalue weighted by atomic mass is 16.5. The number of fused-ring (bicyclic) bond motifs is 3. The Morgan fingerprint density at radius 2 is 1.06 bits per heavy atom. The molecule has 3 heterocycles. The number of ether oxygens (including phenoxy) is 1. The summed E-state index contributed by atoms with van der Waals surface area (Å²) in [6, 6.07) is 53.1. The fourth-order valence-electron chi connectivity index (χ4n) is 9.70. The highest BCUT2D eigenvalue weighted by Crippen LogP contribution is 2.42. The van der Waals surface area contributed by atoms with E-state index in [-0.39, 0.29) is 27.1 Å². The van der Waals surface area contributed by atoms with Crippen molar-refractivity contribution in [2.45, 2.75) is 131 Å². The van der Waals surface area contributed by atoms with Crippen LogP contribution >= 0.6 is 0 Å². The zero-order chi connectivity index (χ0) is 49.4. The summed E-state index contributed by atoms with van der Waals surface area (Å²) in [7, 11) is 0. The maximum Gasteiger partial charge on any atom is 0.269 e. The molecule has 9 aromatic rings. The van der Waals surface area contributed by atoms with Gasteiger partial charge in [0.2, 0.25) is 0 Å². The van der Waals surface area contributed by atoms with E-state index in [1.165, 1.54) is 38.8 Å². The van der Waals surface area contributed by atoms with Crippen molar-refractivity contribution in [3.05, 3.63) is 208 Å². The molecule has 0 bridgehead atoms. The predicted molar refractivity (Wildman–Crippen MR) is 288 cm³/mol. The summed E-state index contributed by atoms with van der Waals surface area (Å²) in [6.07, 6.45) is 5.77. The van der Waals surface area contributed by atoms with Gasteiger partial charge in [-0.1, -0.05) is 163 Å². The third-order valence-corrected chi connectivity index (χ3v) is 14.7. The quantitative estimate of drug-likeness (QED) is 0.107. The van der Waals surface area contributed by atoms with Gasteiger partial charge in [0, 0.05) is 33.9 Å². The van der Waals surface area contributed by atoms with Gasteiger partial charge in [-0.15, -0.1) is 0 Å². The van der Waals surface area contributed by atoms with E-state index in [2.05, 4.69) is 269 Å². The average molecular weight is 911 g/mol. The molecule has 0 aliphatic heterocycles. The van der Waals surface area contributed by atoms with Crippen molar-refractivity contribution in [2.24, 2.45) is 0 Å². The maximum atomic E-state index is 7.12. The smallest absolute Gasteiger partial charge is 0.269 e. The van der Waals surface area contributed by atoms with Crippen LogP contribution in [0.15, 0.2) is 152 Å². The number of rotatable bonds is 9. The molecule has 69 heavy (non-hydrogen) atoms. The summed E-state index contributed by atoms with van der Waals surface area (Å²) in [5.41, 5.74) is 14.6. The zero-order valence-electron chi connectivity index (χ0n) is 43.6. The second kappa shape index (κ2) is 17.1. The molecule has 0 N–H and O–H groups in total. The van der Waals surface area contributed by atoms with E-state index in [0.717, 1.165) is 62.1 Å². The number of hydrogen-bond acceptors (Lipinski definition) is 2. The van der Waals surface area contributed by atoms with Gasteiger partial charge in [0.1, 0.15) is 17.3 Å². The SMILES string of the molecule is Cc1c(C)[n+](-c2cc(C(C)(C)C)cc(C(C)(C)C)c2)[c-]n1-c1cc(Oc2ccc3c4cc(C(C)(C)c5ccccc5)ccc4n(-c4cc(C(C)(C)C)ccn4)c3c2)cc(C(C)(C)c2ccccc2)c1. The third-order valence-electron chi connectivity index (χ3n) is 14.7. The number of hydrogen-bond donors (Lipinski definition) is 0. The molecule has 0 spiro atoms. The van der Waals surface area contributed by atoms with Crippen molar-refractivity contribution < 1.29 is 9.30 Å². The van der Waals surface area contributed by atoms with Crippen LogP contribution in [0.4, 0.5) is 0 Å². The second-order valence-corrected chi connectivity index (χ2v) is 23.4. The van der Waals surface area contributed by atoms with Crippen molar-refractivity contribution in [1.82, 2.24) is 14.1 Å². The van der Waals surface area contributed by atoms with Gasteiger partial charge in [0.05, 0.1) is 33.8 Å². The van der Waals surface area contributed by atoms with Gasteiger partial charge in [-0.25, -0.2) is 4.98 Å². The maximum absolute atomic E-state index is 7.12. The summed E-state index contributed by atoms with van der Waals surface area (Å²) in [5.74, 6) is 2.38. The van der Waals surface area contributed by atoms with E-state index >= 15 is 0 Å². The molecule has 5 nitrogen and oxygen atoms in total. The van der Waals surface area contributed by atoms with E-state index in [0.29, 0.717) is 0 Å². The van der Waals surface area contributed by atoms with Gasteiger partial charge in [0.25, 0.3) is 6.33 Å². The standard InChI is InChI=1S/C64H70N4O/c1-42-43(2)67(41-66(42)51-33-48(61(6,7)8)32-49(34-51)62(9,10)11)52-35-50(64(14,15)45-24-20-17-21-25-45)36-54(39-52)69-53-27-28-55-56-37-47(63(12,13)44-22-18-16-19-23-44)26-29-57(56)68(58(55)40-53)59-38-46(30-31-65-59)60(3,4)5/h16-40H,1-15H3. The molecule has 0 fully saturated rings. The first-order valence-electron chi connectivity index (χ1n) is 24.6. The predicted octanol–water partition coefficient (Wildman–Crippen LogP) is 16.0. The van der Waals surface area contributed by atoms with Gasteiger partial charge in [-0.2, -0.15) is 0 Å². The van der Waals surface area contributed by atoms with Gasteiger partial charge in [-0.3, -0.25) is 13.7 Å². The van der Waals surface area contributed by atoms with E-state index < -0.39 is 0 Å². The van der Waals surface area contributed by atoms with Crippen molar-refractivity contribution in [2.75, 3.05) is 0 Å². The van der Waals surface area contributed by atoms with Crippen LogP contribution in [0.5, 0.6) is 11.5 Å². The fourth-order valence-corrected chi connectivity index (χ4v) is 9.70. The summed E-state index contributed by atoms with van der Waals surface area (Å²) >= 11 is 0. The molecule has 352 valence electrons. The highest BCUT2D eigenvalue weighted by molar-refractivity contribution is 6.10. The normalized spacial score (nSPS) is 12.9. The topological polar surface area (TPSA) is 35.9 Å². The Labute approximate surface area is 411 Å². The third kappa shape index (κ3) is 8.93. The number of imidazole rings is 1. The largest absolute Gasteiger partial charge is 0.458 e. The molecule has 0 saturated carbocycles. The van der Waals surface area contributed by atoms with Crippen LogP contribution in [0.3, 0.4) is 0 Å². The molecule has 3 aromatic heterocycles. The Balaban J connectivity index is 1.21. The molecule has 5 heteroatoms. The Morgan fingerprint density at radius 1 is 0.464 bits per heavy atom. The molecule has 0 aliphatic carbocycles. The molecule has 0 amide bonds. The lowest BCUT2D eigenvalue weighted by molar-refractivity contribution is -0.606. The van der Waals surface area contributed by atoms with Gasteiger partial charge < -0.3 is 4.74 Å². The molecule has 6 aromatic carbocycles. The molecule has 9 rings (SSSR count). The molecule has 0 saturated heterocycles. The van der Waals surface area contributed by atoms with Crippen LogP contribution in [0.25, 0.3) is 39.0 Å². The lowest BCUT2D eigenvalue weighted by Gasteiger charge is -2.27. The van der Waals surface area contributed by atoms with Crippen LogP contribution in [0, 0.1) is 20.2 Å². The lowest BCUT2D eigenvalue weighted by atomic mass is 9.78. The van der Waals surface area contributed by atoms with Gasteiger partial charge >= 0.3 is 0 Å². The molecular formula is C64H70N4O. The summed E-state index contributed by atoms with van der Waals surface area (Å²) < 4.78 is 13.9. The van der Waals surface area contributed by atoms with Crippen molar-refractivity contribution in [3.8, 4) is 28.7 Å². The Hall–Kier alpha value is -6.72. The first kappa shape index (κ1) is 47.4. The minimum absolute atomic E-state index is 0.0156. The number of aromatic nitrogens is 4. The van der Waals surface area contributed by atoms with Crippen LogP contribution in [0.1, 0.15) is 140 Å². The average Bonchev–Trinajstić information content (AvgIpc) is 3.80. The minimum atomic E-state index is -0.338. The molecule has 0 atom stereocenters. The first-order valence-corrected chi connectivity index (χ1v) is 24.6.